The van der Waals surface area contributed by atoms with Crippen LogP contribution in [0.1, 0.15) is 72.6 Å². The Labute approximate surface area is 109 Å². The third-order valence-electron chi connectivity index (χ3n) is 3.19. The Kier molecular flexibility index (Phi) is 15.5. The quantitative estimate of drug-likeness (QED) is 0.499. The maximum atomic E-state index is 2.56. The Hall–Kier alpha value is 0.250. The van der Waals surface area contributed by atoms with Crippen molar-refractivity contribution in [3.63, 3.8) is 0 Å². The van der Waals surface area contributed by atoms with Crippen LogP contribution < -0.4 is 0 Å². The minimum absolute atomic E-state index is 0. The van der Waals surface area contributed by atoms with Crippen LogP contribution in [0.3, 0.4) is 0 Å². The second kappa shape index (κ2) is 13.3. The summed E-state index contributed by atoms with van der Waals surface area (Å²) in [5.74, 6) is 0. The molecular formula is C14H32ClN. The maximum Gasteiger partial charge on any atom is 0.00384 e. The minimum Gasteiger partial charge on any atom is -0.301 e. The highest BCUT2D eigenvalue weighted by atomic mass is 35.5. The molecule has 0 unspecified atom stereocenters. The van der Waals surface area contributed by atoms with Crippen LogP contribution in [-0.2, 0) is 0 Å². The van der Waals surface area contributed by atoms with Gasteiger partial charge in [-0.2, -0.15) is 0 Å². The fraction of sp³-hybridized carbons (Fsp3) is 1.00. The summed E-state index contributed by atoms with van der Waals surface area (Å²) in [5, 5.41) is 0. The van der Waals surface area contributed by atoms with Gasteiger partial charge in [-0.05, 0) is 33.4 Å². The van der Waals surface area contributed by atoms with E-state index in [1.165, 1.54) is 58.0 Å². The van der Waals surface area contributed by atoms with E-state index >= 15 is 0 Å². The van der Waals surface area contributed by atoms with Gasteiger partial charge in [-0.3, -0.25) is 0 Å². The number of halogens is 1. The fourth-order valence-electron chi connectivity index (χ4n) is 2.05. The Bertz CT molecular complexity index is 126. The first-order valence-corrected chi connectivity index (χ1v) is 6.96. The van der Waals surface area contributed by atoms with Crippen LogP contribution in [0.2, 0.25) is 0 Å². The lowest BCUT2D eigenvalue weighted by atomic mass is 10.1. The van der Waals surface area contributed by atoms with E-state index in [9.17, 15) is 0 Å². The van der Waals surface area contributed by atoms with E-state index in [2.05, 4.69) is 32.6 Å². The first-order chi connectivity index (χ1) is 7.22. The average molecular weight is 250 g/mol. The molecule has 0 spiro atoms. The lowest BCUT2D eigenvalue weighted by Gasteiger charge is -2.24. The molecule has 100 valence electrons. The fourth-order valence-corrected chi connectivity index (χ4v) is 2.05. The number of hydrogen-bond donors (Lipinski definition) is 0. The van der Waals surface area contributed by atoms with E-state index in [0.717, 1.165) is 6.04 Å². The van der Waals surface area contributed by atoms with Crippen LogP contribution in [0.5, 0.6) is 0 Å². The van der Waals surface area contributed by atoms with Crippen LogP contribution in [0.4, 0.5) is 0 Å². The van der Waals surface area contributed by atoms with Crippen molar-refractivity contribution in [2.45, 2.75) is 78.7 Å². The summed E-state index contributed by atoms with van der Waals surface area (Å²) in [6, 6.07) is 0.718. The zero-order valence-electron chi connectivity index (χ0n) is 11.8. The van der Waals surface area contributed by atoms with Gasteiger partial charge in [0.2, 0.25) is 0 Å². The summed E-state index contributed by atoms with van der Waals surface area (Å²) in [5.41, 5.74) is 0. The van der Waals surface area contributed by atoms with Gasteiger partial charge < -0.3 is 4.90 Å². The predicted octanol–water partition coefficient (Wildman–Crippen LogP) is 4.89. The van der Waals surface area contributed by atoms with Crippen molar-refractivity contribution >= 4 is 12.4 Å². The Balaban J connectivity index is 0. The summed E-state index contributed by atoms with van der Waals surface area (Å²) in [4.78, 5) is 2.56. The van der Waals surface area contributed by atoms with Crippen molar-refractivity contribution in [1.29, 1.82) is 0 Å². The largest absolute Gasteiger partial charge is 0.301 e. The van der Waals surface area contributed by atoms with Crippen molar-refractivity contribution in [3.8, 4) is 0 Å². The van der Waals surface area contributed by atoms with Gasteiger partial charge in [0, 0.05) is 6.04 Å². The molecule has 0 aromatic carbocycles. The Morgan fingerprint density at radius 2 is 1.31 bits per heavy atom. The lowest BCUT2D eigenvalue weighted by molar-refractivity contribution is 0.228. The van der Waals surface area contributed by atoms with Crippen LogP contribution in [0, 0.1) is 0 Å². The molecule has 0 heterocycles. The molecule has 0 radical (unpaired) electrons. The smallest absolute Gasteiger partial charge is 0.00384 e. The molecule has 0 amide bonds. The number of hydrogen-bond acceptors (Lipinski definition) is 1. The molecule has 0 aromatic rings. The van der Waals surface area contributed by atoms with Gasteiger partial charge in [0.1, 0.15) is 0 Å². The van der Waals surface area contributed by atoms with E-state index < -0.39 is 0 Å². The molecule has 1 nitrogen and oxygen atoms in total. The molecule has 0 fully saturated rings. The molecule has 0 aliphatic carbocycles. The third-order valence-corrected chi connectivity index (χ3v) is 3.19. The molecule has 0 N–H and O–H groups in total. The minimum atomic E-state index is 0. The highest BCUT2D eigenvalue weighted by Gasteiger charge is 2.05. The van der Waals surface area contributed by atoms with Crippen molar-refractivity contribution in [1.82, 2.24) is 4.90 Å². The molecular weight excluding hydrogens is 218 g/mol. The van der Waals surface area contributed by atoms with Crippen LogP contribution in [-0.4, -0.2) is 24.0 Å². The van der Waals surface area contributed by atoms with Crippen molar-refractivity contribution in [2.75, 3.05) is 13.1 Å². The van der Waals surface area contributed by atoms with Crippen molar-refractivity contribution in [3.05, 3.63) is 0 Å². The summed E-state index contributed by atoms with van der Waals surface area (Å²) in [7, 11) is 0. The SMILES string of the molecule is CCCCCCCCCN(CC)C(C)C.Cl. The van der Waals surface area contributed by atoms with Gasteiger partial charge in [0.05, 0.1) is 0 Å². The normalized spacial score (nSPS) is 10.9. The number of nitrogens with zero attached hydrogens (tertiary/aromatic N) is 1. The van der Waals surface area contributed by atoms with E-state index in [0.29, 0.717) is 0 Å². The molecule has 0 bridgehead atoms. The van der Waals surface area contributed by atoms with Crippen LogP contribution in [0.25, 0.3) is 0 Å². The molecule has 2 heteroatoms. The van der Waals surface area contributed by atoms with Gasteiger partial charge in [0.25, 0.3) is 0 Å². The first-order valence-electron chi connectivity index (χ1n) is 6.96. The van der Waals surface area contributed by atoms with Gasteiger partial charge in [-0.25, -0.2) is 0 Å². The third kappa shape index (κ3) is 10.8. The Morgan fingerprint density at radius 3 is 1.75 bits per heavy atom. The van der Waals surface area contributed by atoms with Crippen LogP contribution >= 0.6 is 12.4 Å². The van der Waals surface area contributed by atoms with Crippen LogP contribution in [0.15, 0.2) is 0 Å². The first kappa shape index (κ1) is 18.6. The monoisotopic (exact) mass is 249 g/mol. The molecule has 0 aromatic heterocycles. The van der Waals surface area contributed by atoms with E-state index in [1.54, 1.807) is 0 Å². The van der Waals surface area contributed by atoms with E-state index in [-0.39, 0.29) is 12.4 Å². The standard InChI is InChI=1S/C14H31N.ClH/c1-5-7-8-9-10-11-12-13-15(6-2)14(3)4;/h14H,5-13H2,1-4H3;1H. The second-order valence-electron chi connectivity index (χ2n) is 4.84. The highest BCUT2D eigenvalue weighted by molar-refractivity contribution is 5.85. The van der Waals surface area contributed by atoms with Crippen molar-refractivity contribution < 1.29 is 0 Å². The van der Waals surface area contributed by atoms with Gasteiger partial charge in [-0.1, -0.05) is 52.4 Å². The second-order valence-corrected chi connectivity index (χ2v) is 4.84. The zero-order chi connectivity index (χ0) is 11.5. The molecule has 0 rings (SSSR count). The van der Waals surface area contributed by atoms with E-state index in [4.69, 9.17) is 0 Å². The summed E-state index contributed by atoms with van der Waals surface area (Å²) >= 11 is 0. The topological polar surface area (TPSA) is 3.24 Å². The Morgan fingerprint density at radius 1 is 0.812 bits per heavy atom. The number of rotatable bonds is 10. The van der Waals surface area contributed by atoms with Crippen molar-refractivity contribution in [2.24, 2.45) is 0 Å². The zero-order valence-corrected chi connectivity index (χ0v) is 12.6. The molecule has 0 aliphatic rings. The summed E-state index contributed by atoms with van der Waals surface area (Å²) in [6.07, 6.45) is 9.92. The van der Waals surface area contributed by atoms with E-state index in [1.807, 2.05) is 0 Å². The molecule has 16 heavy (non-hydrogen) atoms. The maximum absolute atomic E-state index is 2.56. The van der Waals surface area contributed by atoms with Gasteiger partial charge >= 0.3 is 0 Å². The van der Waals surface area contributed by atoms with Gasteiger partial charge in [0.15, 0.2) is 0 Å². The predicted molar refractivity (Wildman–Crippen MR) is 77.6 cm³/mol. The number of unbranched alkanes of at least 4 members (excludes halogenated alkanes) is 6. The van der Waals surface area contributed by atoms with Gasteiger partial charge in [-0.15, -0.1) is 12.4 Å². The lowest BCUT2D eigenvalue weighted by Crippen LogP contribution is -2.31. The highest BCUT2D eigenvalue weighted by Crippen LogP contribution is 2.08. The average Bonchev–Trinajstić information content (AvgIpc) is 2.21. The summed E-state index contributed by atoms with van der Waals surface area (Å²) in [6.45, 7) is 11.6. The summed E-state index contributed by atoms with van der Waals surface area (Å²) < 4.78 is 0. The molecule has 0 saturated carbocycles. The molecule has 0 atom stereocenters. The molecule has 0 aliphatic heterocycles. The molecule has 0 saturated heterocycles.